The van der Waals surface area contributed by atoms with Gasteiger partial charge in [-0.2, -0.15) is 5.26 Å². The lowest BCUT2D eigenvalue weighted by Crippen LogP contribution is -2.51. The Hall–Kier alpha value is -5.14. The van der Waals surface area contributed by atoms with E-state index >= 15 is 0 Å². The monoisotopic (exact) mass is 727 g/mol. The minimum absolute atomic E-state index is 0.226. The first-order valence-electron chi connectivity index (χ1n) is 18.3. The number of hydrogen-bond acceptors (Lipinski definition) is 14. The molecule has 1 aliphatic carbocycles. The van der Waals surface area contributed by atoms with Gasteiger partial charge in [0, 0.05) is 50.4 Å². The van der Waals surface area contributed by atoms with Crippen LogP contribution in [0.2, 0.25) is 0 Å². The number of carbonyl (C=O) groups is 1. The second-order valence-corrected chi connectivity index (χ2v) is 14.7. The molecule has 1 aliphatic heterocycles. The lowest BCUT2D eigenvalue weighted by atomic mass is 9.89. The van der Waals surface area contributed by atoms with Crippen molar-refractivity contribution in [3.8, 4) is 28.8 Å². The highest BCUT2D eigenvalue weighted by Gasteiger charge is 2.32. The summed E-state index contributed by atoms with van der Waals surface area (Å²) in [6, 6.07) is 8.33. The lowest BCUT2D eigenvalue weighted by Gasteiger charge is -2.42. The molecule has 0 radical (unpaired) electrons. The van der Waals surface area contributed by atoms with E-state index in [1.54, 1.807) is 23.1 Å². The molecule has 16 nitrogen and oxygen atoms in total. The van der Waals surface area contributed by atoms with Gasteiger partial charge in [-0.1, -0.05) is 6.07 Å². The molecule has 0 bridgehead atoms. The predicted octanol–water partition coefficient (Wildman–Crippen LogP) is 5.11. The number of tetrazole rings is 1. The number of nitriles is 1. The highest BCUT2D eigenvalue weighted by molar-refractivity contribution is 5.67. The maximum Gasteiger partial charge on any atom is 0.303 e. The molecule has 2 aliphatic rings. The van der Waals surface area contributed by atoms with E-state index in [-0.39, 0.29) is 30.3 Å². The third-order valence-corrected chi connectivity index (χ3v) is 9.56. The maximum absolute atomic E-state index is 11.6. The van der Waals surface area contributed by atoms with Crippen LogP contribution in [0, 0.1) is 11.3 Å². The average Bonchev–Trinajstić information content (AvgIpc) is 3.77. The molecule has 2 fully saturated rings. The van der Waals surface area contributed by atoms with Gasteiger partial charge in [-0.25, -0.2) is 14.6 Å². The van der Waals surface area contributed by atoms with Crippen molar-refractivity contribution >= 4 is 17.6 Å². The molecule has 4 heterocycles. The van der Waals surface area contributed by atoms with Crippen LogP contribution in [0.15, 0.2) is 43.1 Å². The quantitative estimate of drug-likeness (QED) is 0.169. The minimum Gasteiger partial charge on any atom is -0.487 e. The molecule has 282 valence electrons. The van der Waals surface area contributed by atoms with Crippen molar-refractivity contribution in [3.05, 3.63) is 48.7 Å². The van der Waals surface area contributed by atoms with Crippen molar-refractivity contribution < 1.29 is 23.7 Å². The van der Waals surface area contributed by atoms with Gasteiger partial charge >= 0.3 is 5.97 Å². The van der Waals surface area contributed by atoms with Gasteiger partial charge in [0.05, 0.1) is 43.2 Å². The standard InChI is InChI=1S/C37H49N11O5/c1-24-19-46(20-25(2)51-24)31-9-11-32(12-10-31)48-22-33(35(43-48)50-14-13-37(5,6)53-27(4)49)42-36-39-17-30(18-40-36)28-7-8-29(16-38)34(15-28)52-26(3)21-47-23-41-44-45-47/h7-8,15,17-18,22-26,31-32H,9-14,19-21H2,1-6H3,(H,39,40,42)/t24-,25+,26-,31?,32?/m0/s1. The number of aromatic nitrogens is 8. The zero-order valence-electron chi connectivity index (χ0n) is 31.3. The van der Waals surface area contributed by atoms with E-state index in [1.807, 2.05) is 43.8 Å². The van der Waals surface area contributed by atoms with Crippen molar-refractivity contribution in [3.63, 3.8) is 0 Å². The smallest absolute Gasteiger partial charge is 0.303 e. The van der Waals surface area contributed by atoms with Crippen LogP contribution in [0.5, 0.6) is 11.6 Å². The van der Waals surface area contributed by atoms with E-state index in [4.69, 9.17) is 24.0 Å². The minimum atomic E-state index is -0.684. The van der Waals surface area contributed by atoms with Crippen molar-refractivity contribution in [2.24, 2.45) is 0 Å². The number of ether oxygens (including phenoxy) is 4. The summed E-state index contributed by atoms with van der Waals surface area (Å²) in [4.78, 5) is 23.4. The van der Waals surface area contributed by atoms with E-state index in [2.05, 4.69) is 55.6 Å². The fraction of sp³-hybridized carbons (Fsp3) is 0.568. The molecular formula is C37H49N11O5. The molecule has 0 spiro atoms. The van der Waals surface area contributed by atoms with Crippen LogP contribution in [0.25, 0.3) is 11.1 Å². The molecule has 4 aromatic rings. The second kappa shape index (κ2) is 16.7. The summed E-state index contributed by atoms with van der Waals surface area (Å²) in [5.41, 5.74) is 1.92. The molecule has 1 saturated carbocycles. The Kier molecular flexibility index (Phi) is 11.8. The van der Waals surface area contributed by atoms with Crippen molar-refractivity contribution in [2.75, 3.05) is 25.0 Å². The number of rotatable bonds is 14. The third kappa shape index (κ3) is 10.1. The molecular weight excluding hydrogens is 678 g/mol. The van der Waals surface area contributed by atoms with Gasteiger partial charge < -0.3 is 24.3 Å². The number of esters is 1. The summed E-state index contributed by atoms with van der Waals surface area (Å²) < 4.78 is 27.3. The van der Waals surface area contributed by atoms with Gasteiger partial charge in [-0.05, 0) is 88.4 Å². The van der Waals surface area contributed by atoms with Crippen LogP contribution in [-0.2, 0) is 20.8 Å². The molecule has 3 atom stereocenters. The van der Waals surface area contributed by atoms with Crippen molar-refractivity contribution in [2.45, 2.75) is 116 Å². The first kappa shape index (κ1) is 37.6. The summed E-state index contributed by atoms with van der Waals surface area (Å²) in [5, 5.41) is 29.1. The zero-order chi connectivity index (χ0) is 37.5. The Morgan fingerprint density at radius 2 is 1.81 bits per heavy atom. The van der Waals surface area contributed by atoms with Crippen LogP contribution in [-0.4, -0.2) is 100 Å². The maximum atomic E-state index is 11.6. The highest BCUT2D eigenvalue weighted by atomic mass is 16.6. The van der Waals surface area contributed by atoms with Gasteiger partial charge in [-0.15, -0.1) is 10.2 Å². The molecule has 1 aromatic carbocycles. The SMILES string of the molecule is CC(=O)OC(C)(C)CCOc1nn(C2CCC(N3C[C@@H](C)O[C@@H](C)C3)CC2)cc1Nc1ncc(-c2ccc(C#N)c(O[C@@H](C)Cn3cnnn3)c2)cn1. The fourth-order valence-electron chi connectivity index (χ4n) is 7.13. The van der Waals surface area contributed by atoms with E-state index < -0.39 is 5.60 Å². The Bertz CT molecular complexity index is 1840. The van der Waals surface area contributed by atoms with E-state index in [0.29, 0.717) is 54.4 Å². The number of carbonyl (C=O) groups excluding carboxylic acids is 1. The largest absolute Gasteiger partial charge is 0.487 e. The molecule has 0 unspecified atom stereocenters. The fourth-order valence-corrected chi connectivity index (χ4v) is 7.13. The molecule has 6 rings (SSSR count). The zero-order valence-corrected chi connectivity index (χ0v) is 31.3. The van der Waals surface area contributed by atoms with Gasteiger partial charge in [0.25, 0.3) is 5.88 Å². The second-order valence-electron chi connectivity index (χ2n) is 14.7. The average molecular weight is 728 g/mol. The van der Waals surface area contributed by atoms with Crippen LogP contribution < -0.4 is 14.8 Å². The van der Waals surface area contributed by atoms with Crippen LogP contribution in [0.1, 0.15) is 85.3 Å². The Morgan fingerprint density at radius 3 is 2.47 bits per heavy atom. The first-order valence-corrected chi connectivity index (χ1v) is 18.3. The van der Waals surface area contributed by atoms with Crippen LogP contribution >= 0.6 is 0 Å². The van der Waals surface area contributed by atoms with Crippen LogP contribution in [0.4, 0.5) is 11.6 Å². The summed E-state index contributed by atoms with van der Waals surface area (Å²) in [5.74, 6) is 0.915. The van der Waals surface area contributed by atoms with Crippen LogP contribution in [0.3, 0.4) is 0 Å². The van der Waals surface area contributed by atoms with Gasteiger partial charge in [0.15, 0.2) is 0 Å². The number of nitrogens with one attached hydrogen (secondary N) is 1. The number of hydrogen-bond donors (Lipinski definition) is 1. The summed E-state index contributed by atoms with van der Waals surface area (Å²) in [7, 11) is 0. The van der Waals surface area contributed by atoms with E-state index in [9.17, 15) is 10.1 Å². The Labute approximate surface area is 309 Å². The molecule has 16 heteroatoms. The number of anilines is 2. The topological polar surface area (TPSA) is 180 Å². The predicted molar refractivity (Wildman–Crippen MR) is 194 cm³/mol. The van der Waals surface area contributed by atoms with Gasteiger partial charge in [0.1, 0.15) is 35.5 Å². The number of benzene rings is 1. The Morgan fingerprint density at radius 1 is 1.09 bits per heavy atom. The van der Waals surface area contributed by atoms with E-state index in [1.165, 1.54) is 13.3 Å². The normalized spacial score (nSPS) is 21.4. The van der Waals surface area contributed by atoms with Crippen molar-refractivity contribution in [1.29, 1.82) is 5.26 Å². The number of nitrogens with zero attached hydrogens (tertiary/aromatic N) is 10. The Balaban J connectivity index is 1.15. The number of morpholine rings is 1. The van der Waals surface area contributed by atoms with E-state index in [0.717, 1.165) is 49.9 Å². The summed E-state index contributed by atoms with van der Waals surface area (Å²) in [6.45, 7) is 14.0. The molecule has 3 aromatic heterocycles. The summed E-state index contributed by atoms with van der Waals surface area (Å²) >= 11 is 0. The van der Waals surface area contributed by atoms with Crippen molar-refractivity contribution in [1.82, 2.24) is 44.9 Å². The molecule has 0 amide bonds. The molecule has 53 heavy (non-hydrogen) atoms. The highest BCUT2D eigenvalue weighted by Crippen LogP contribution is 2.36. The van der Waals surface area contributed by atoms with Gasteiger partial charge in [0.2, 0.25) is 5.95 Å². The molecule has 1 N–H and O–H groups in total. The lowest BCUT2D eigenvalue weighted by molar-refractivity contribution is -0.154. The molecule has 1 saturated heterocycles. The third-order valence-electron chi connectivity index (χ3n) is 9.56. The van der Waals surface area contributed by atoms with Gasteiger partial charge in [-0.3, -0.25) is 14.4 Å². The summed E-state index contributed by atoms with van der Waals surface area (Å²) in [6.07, 6.45) is 11.8. The first-order chi connectivity index (χ1) is 25.4.